The molecule has 24 heavy (non-hydrogen) atoms. The Morgan fingerprint density at radius 1 is 1.21 bits per heavy atom. The minimum atomic E-state index is -0.143. The summed E-state index contributed by atoms with van der Waals surface area (Å²) in [6.07, 6.45) is 6.01. The fourth-order valence-electron chi connectivity index (χ4n) is 2.87. The number of carbonyl (C=O) groups is 2. The number of para-hydroxylation sites is 1. The quantitative estimate of drug-likeness (QED) is 0.822. The highest BCUT2D eigenvalue weighted by atomic mass is 32.1. The summed E-state index contributed by atoms with van der Waals surface area (Å²) in [5.41, 5.74) is 1.26. The van der Waals surface area contributed by atoms with Crippen LogP contribution < -0.4 is 15.5 Å². The van der Waals surface area contributed by atoms with Gasteiger partial charge in [0.05, 0.1) is 11.3 Å². The minimum absolute atomic E-state index is 0.0889. The third-order valence-electron chi connectivity index (χ3n) is 4.32. The number of rotatable bonds is 4. The number of carbonyl (C=O) groups excluding carboxylic acids is 2. The van der Waals surface area contributed by atoms with E-state index < -0.39 is 0 Å². The monoisotopic (exact) mass is 347 g/mol. The van der Waals surface area contributed by atoms with Crippen LogP contribution in [-0.4, -0.2) is 30.0 Å². The van der Waals surface area contributed by atoms with Crippen molar-refractivity contribution < 1.29 is 9.59 Å². The highest BCUT2D eigenvalue weighted by molar-refractivity contribution is 7.80. The molecule has 130 valence electrons. The fourth-order valence-corrected chi connectivity index (χ4v) is 3.08. The molecular formula is C18H25N3O2S. The summed E-state index contributed by atoms with van der Waals surface area (Å²) in [4.78, 5) is 25.9. The van der Waals surface area contributed by atoms with E-state index in [1.807, 2.05) is 18.2 Å². The number of nitrogens with one attached hydrogen (secondary N) is 2. The van der Waals surface area contributed by atoms with Gasteiger partial charge in [-0.2, -0.15) is 0 Å². The van der Waals surface area contributed by atoms with Crippen LogP contribution in [0, 0.1) is 0 Å². The van der Waals surface area contributed by atoms with E-state index in [0.717, 1.165) is 12.8 Å². The van der Waals surface area contributed by atoms with Crippen molar-refractivity contribution in [3.8, 4) is 0 Å². The molecule has 0 heterocycles. The molecule has 1 saturated carbocycles. The third-order valence-corrected chi connectivity index (χ3v) is 4.70. The Labute approximate surface area is 148 Å². The van der Waals surface area contributed by atoms with Crippen molar-refractivity contribution in [1.82, 2.24) is 10.6 Å². The maximum Gasteiger partial charge on any atom is 0.253 e. The van der Waals surface area contributed by atoms with Gasteiger partial charge in [0.1, 0.15) is 0 Å². The first-order valence-corrected chi connectivity index (χ1v) is 8.91. The highest BCUT2D eigenvalue weighted by Crippen LogP contribution is 2.22. The van der Waals surface area contributed by atoms with Gasteiger partial charge >= 0.3 is 0 Å². The van der Waals surface area contributed by atoms with Gasteiger partial charge in [0.25, 0.3) is 5.91 Å². The Hall–Kier alpha value is -1.95. The lowest BCUT2D eigenvalue weighted by atomic mass is 9.95. The Bertz CT molecular complexity index is 612. The van der Waals surface area contributed by atoms with E-state index in [2.05, 4.69) is 10.6 Å². The SMILES string of the molecule is CCC(=O)NC(=S)N(C)c1ccccc1C(=O)NC1CCCCC1. The molecular weight excluding hydrogens is 322 g/mol. The van der Waals surface area contributed by atoms with Crippen molar-refractivity contribution in [2.45, 2.75) is 51.5 Å². The number of anilines is 1. The Balaban J connectivity index is 2.12. The zero-order valence-electron chi connectivity index (χ0n) is 14.3. The van der Waals surface area contributed by atoms with E-state index in [4.69, 9.17) is 12.2 Å². The first kappa shape index (κ1) is 18.4. The van der Waals surface area contributed by atoms with E-state index in [9.17, 15) is 9.59 Å². The Morgan fingerprint density at radius 2 is 1.88 bits per heavy atom. The normalized spacial score (nSPS) is 14.8. The second-order valence-corrected chi connectivity index (χ2v) is 6.48. The van der Waals surface area contributed by atoms with Crippen LogP contribution in [0.3, 0.4) is 0 Å². The average Bonchev–Trinajstić information content (AvgIpc) is 2.61. The smallest absolute Gasteiger partial charge is 0.253 e. The number of benzene rings is 1. The van der Waals surface area contributed by atoms with E-state index in [1.54, 1.807) is 24.9 Å². The lowest BCUT2D eigenvalue weighted by molar-refractivity contribution is -0.119. The molecule has 0 aromatic heterocycles. The summed E-state index contributed by atoms with van der Waals surface area (Å²) >= 11 is 5.27. The van der Waals surface area contributed by atoms with Crippen LogP contribution in [0.4, 0.5) is 5.69 Å². The maximum atomic E-state index is 12.7. The molecule has 0 spiro atoms. The lowest BCUT2D eigenvalue weighted by Gasteiger charge is -2.25. The van der Waals surface area contributed by atoms with Gasteiger partial charge in [0, 0.05) is 19.5 Å². The zero-order valence-corrected chi connectivity index (χ0v) is 15.1. The number of hydrogen-bond acceptors (Lipinski definition) is 3. The van der Waals surface area contributed by atoms with Crippen molar-refractivity contribution in [3.05, 3.63) is 29.8 Å². The second-order valence-electron chi connectivity index (χ2n) is 6.09. The molecule has 0 bridgehead atoms. The number of nitrogens with zero attached hydrogens (tertiary/aromatic N) is 1. The van der Waals surface area contributed by atoms with E-state index in [-0.39, 0.29) is 17.9 Å². The molecule has 2 N–H and O–H groups in total. The van der Waals surface area contributed by atoms with Crippen molar-refractivity contribution in [2.75, 3.05) is 11.9 Å². The van der Waals surface area contributed by atoms with Crippen LogP contribution >= 0.6 is 12.2 Å². The van der Waals surface area contributed by atoms with Crippen LogP contribution in [-0.2, 0) is 4.79 Å². The molecule has 6 heteroatoms. The van der Waals surface area contributed by atoms with Crippen LogP contribution in [0.25, 0.3) is 0 Å². The third kappa shape index (κ3) is 4.77. The van der Waals surface area contributed by atoms with Crippen LogP contribution in [0.1, 0.15) is 55.8 Å². The maximum absolute atomic E-state index is 12.7. The predicted octanol–water partition coefficient (Wildman–Crippen LogP) is 3.00. The second kappa shape index (κ2) is 8.78. The Morgan fingerprint density at radius 3 is 2.54 bits per heavy atom. The summed E-state index contributed by atoms with van der Waals surface area (Å²) in [6.45, 7) is 1.77. The molecule has 2 amide bonds. The largest absolute Gasteiger partial charge is 0.349 e. The van der Waals surface area contributed by atoms with Crippen molar-refractivity contribution >= 4 is 34.8 Å². The first-order chi connectivity index (χ1) is 11.5. The van der Waals surface area contributed by atoms with Gasteiger partial charge < -0.3 is 15.5 Å². The van der Waals surface area contributed by atoms with Gasteiger partial charge in [-0.3, -0.25) is 9.59 Å². The molecule has 0 saturated heterocycles. The van der Waals surface area contributed by atoms with E-state index >= 15 is 0 Å². The molecule has 2 rings (SSSR count). The van der Waals surface area contributed by atoms with Crippen molar-refractivity contribution in [3.63, 3.8) is 0 Å². The van der Waals surface area contributed by atoms with Gasteiger partial charge in [-0.05, 0) is 37.2 Å². The van der Waals surface area contributed by atoms with Gasteiger partial charge in [-0.1, -0.05) is 38.3 Å². The summed E-state index contributed by atoms with van der Waals surface area (Å²) in [6, 6.07) is 7.55. The van der Waals surface area contributed by atoms with Gasteiger partial charge in [0.2, 0.25) is 5.91 Å². The topological polar surface area (TPSA) is 61.4 Å². The molecule has 0 unspecified atom stereocenters. The minimum Gasteiger partial charge on any atom is -0.349 e. The van der Waals surface area contributed by atoms with Crippen molar-refractivity contribution in [1.29, 1.82) is 0 Å². The molecule has 1 aromatic carbocycles. The molecule has 0 atom stereocenters. The number of thiocarbonyl (C=S) groups is 1. The highest BCUT2D eigenvalue weighted by Gasteiger charge is 2.21. The summed E-state index contributed by atoms with van der Waals surface area (Å²) in [5, 5.41) is 6.08. The van der Waals surface area contributed by atoms with Gasteiger partial charge in [-0.25, -0.2) is 0 Å². The standard InChI is InChI=1S/C18H25N3O2S/c1-3-16(22)20-18(24)21(2)15-12-8-7-11-14(15)17(23)19-13-9-5-4-6-10-13/h7-8,11-13H,3-6,9-10H2,1-2H3,(H,19,23)(H,20,22,24). The van der Waals surface area contributed by atoms with Crippen LogP contribution in [0.15, 0.2) is 24.3 Å². The lowest BCUT2D eigenvalue weighted by Crippen LogP contribution is -2.42. The molecule has 1 aromatic rings. The van der Waals surface area contributed by atoms with E-state index in [0.29, 0.717) is 22.8 Å². The summed E-state index contributed by atoms with van der Waals surface area (Å²) < 4.78 is 0. The molecule has 1 aliphatic rings. The summed E-state index contributed by atoms with van der Waals surface area (Å²) in [5.74, 6) is -0.232. The van der Waals surface area contributed by atoms with Gasteiger partial charge in [0.15, 0.2) is 5.11 Å². The molecule has 0 aliphatic heterocycles. The van der Waals surface area contributed by atoms with Crippen LogP contribution in [0.5, 0.6) is 0 Å². The van der Waals surface area contributed by atoms with Gasteiger partial charge in [-0.15, -0.1) is 0 Å². The number of amides is 2. The predicted molar refractivity (Wildman–Crippen MR) is 100 cm³/mol. The fraction of sp³-hybridized carbons (Fsp3) is 0.500. The first-order valence-electron chi connectivity index (χ1n) is 8.50. The molecule has 5 nitrogen and oxygen atoms in total. The van der Waals surface area contributed by atoms with Crippen molar-refractivity contribution in [2.24, 2.45) is 0 Å². The van der Waals surface area contributed by atoms with E-state index in [1.165, 1.54) is 19.3 Å². The number of hydrogen-bond donors (Lipinski definition) is 2. The van der Waals surface area contributed by atoms with Crippen LogP contribution in [0.2, 0.25) is 0 Å². The average molecular weight is 347 g/mol. The Kier molecular flexibility index (Phi) is 6.73. The summed E-state index contributed by atoms with van der Waals surface area (Å²) in [7, 11) is 1.75. The zero-order chi connectivity index (χ0) is 17.5. The molecule has 0 radical (unpaired) electrons. The molecule has 1 aliphatic carbocycles. The molecule has 1 fully saturated rings.